The van der Waals surface area contributed by atoms with Crippen molar-refractivity contribution in [3.8, 4) is 0 Å². The second-order valence-corrected chi connectivity index (χ2v) is 10.2. The van der Waals surface area contributed by atoms with Crippen molar-refractivity contribution in [1.29, 1.82) is 0 Å². The first-order valence-corrected chi connectivity index (χ1v) is 10.0. The van der Waals surface area contributed by atoms with Gasteiger partial charge in [-0.15, -0.1) is 0 Å². The van der Waals surface area contributed by atoms with Crippen LogP contribution in [0.1, 0.15) is 59.3 Å². The molecule has 1 heterocycles. The Hall–Kier alpha value is -0.130. The molecule has 0 spiro atoms. The van der Waals surface area contributed by atoms with Gasteiger partial charge in [0.1, 0.15) is 0 Å². The highest BCUT2D eigenvalue weighted by Crippen LogP contribution is 2.47. The Bertz CT molecular complexity index is 474. The van der Waals surface area contributed by atoms with Crippen LogP contribution >= 0.6 is 0 Å². The second-order valence-electron chi connectivity index (χ2n) is 8.21. The first-order valence-electron chi connectivity index (χ1n) is 8.19. The minimum absolute atomic E-state index is 0.287. The summed E-state index contributed by atoms with van der Waals surface area (Å²) in [6, 6.07) is 0. The van der Waals surface area contributed by atoms with Crippen LogP contribution in [-0.4, -0.2) is 42.8 Å². The molecule has 4 nitrogen and oxygen atoms in total. The summed E-state index contributed by atoms with van der Waals surface area (Å²) in [5.41, 5.74) is -0.294. The van der Waals surface area contributed by atoms with E-state index < -0.39 is 15.6 Å². The van der Waals surface area contributed by atoms with Gasteiger partial charge in [0.05, 0.1) is 11.9 Å². The number of nitrogens with zero attached hydrogens (tertiary/aromatic N) is 1. The van der Waals surface area contributed by atoms with E-state index in [1.807, 2.05) is 0 Å². The lowest BCUT2D eigenvalue weighted by Crippen LogP contribution is -2.48. The van der Waals surface area contributed by atoms with Crippen molar-refractivity contribution >= 4 is 10.0 Å². The fourth-order valence-corrected chi connectivity index (χ4v) is 5.16. The van der Waals surface area contributed by atoms with E-state index in [9.17, 15) is 13.5 Å². The Labute approximate surface area is 130 Å². The Morgan fingerprint density at radius 1 is 1.29 bits per heavy atom. The average Bonchev–Trinajstić information content (AvgIpc) is 2.34. The zero-order valence-electron chi connectivity index (χ0n) is 13.9. The predicted molar refractivity (Wildman–Crippen MR) is 85.5 cm³/mol. The molecule has 124 valence electrons. The minimum atomic E-state index is -3.10. The van der Waals surface area contributed by atoms with Gasteiger partial charge in [-0.25, -0.2) is 12.7 Å². The van der Waals surface area contributed by atoms with E-state index in [1.165, 1.54) is 6.26 Å². The molecule has 3 atom stereocenters. The van der Waals surface area contributed by atoms with Gasteiger partial charge in [0.2, 0.25) is 10.0 Å². The van der Waals surface area contributed by atoms with Gasteiger partial charge in [-0.1, -0.05) is 20.8 Å². The number of piperidine rings is 1. The molecule has 0 bridgehead atoms. The highest BCUT2D eigenvalue weighted by Gasteiger charge is 2.44. The number of rotatable bonds is 3. The van der Waals surface area contributed by atoms with Gasteiger partial charge in [-0.3, -0.25) is 0 Å². The third-order valence-corrected chi connectivity index (χ3v) is 6.87. The van der Waals surface area contributed by atoms with Gasteiger partial charge in [-0.05, 0) is 55.8 Å². The summed E-state index contributed by atoms with van der Waals surface area (Å²) >= 11 is 0. The van der Waals surface area contributed by atoms with Crippen LogP contribution in [0.2, 0.25) is 0 Å². The lowest BCUT2D eigenvalue weighted by molar-refractivity contribution is -0.0892. The van der Waals surface area contributed by atoms with E-state index in [0.29, 0.717) is 24.4 Å². The Morgan fingerprint density at radius 3 is 2.52 bits per heavy atom. The minimum Gasteiger partial charge on any atom is -0.390 e. The van der Waals surface area contributed by atoms with Gasteiger partial charge >= 0.3 is 0 Å². The third kappa shape index (κ3) is 4.20. The van der Waals surface area contributed by atoms with Gasteiger partial charge in [0, 0.05) is 13.1 Å². The zero-order chi connectivity index (χ0) is 15.9. The van der Waals surface area contributed by atoms with Crippen molar-refractivity contribution in [3.63, 3.8) is 0 Å². The van der Waals surface area contributed by atoms with Crippen molar-refractivity contribution < 1.29 is 13.5 Å². The first kappa shape index (κ1) is 17.2. The summed E-state index contributed by atoms with van der Waals surface area (Å²) in [4.78, 5) is 0. The predicted octanol–water partition coefficient (Wildman–Crippen LogP) is 2.63. The van der Waals surface area contributed by atoms with Crippen LogP contribution in [0.4, 0.5) is 0 Å². The smallest absolute Gasteiger partial charge is 0.211 e. The molecular formula is C16H31NO3S. The van der Waals surface area contributed by atoms with Gasteiger partial charge < -0.3 is 5.11 Å². The fourth-order valence-electron chi connectivity index (χ4n) is 4.22. The Kier molecular flexibility index (Phi) is 4.77. The Balaban J connectivity index is 2.00. The number of hydrogen-bond acceptors (Lipinski definition) is 3. The summed E-state index contributed by atoms with van der Waals surface area (Å²) in [6.45, 7) is 7.91. The molecule has 0 aromatic carbocycles. The van der Waals surface area contributed by atoms with Crippen LogP contribution < -0.4 is 0 Å². The number of sulfonamides is 1. The SMILES string of the molecule is CC1CC(C)(C)CCC1(O)CC1CCCN(S(C)(=O)=O)C1. The molecule has 21 heavy (non-hydrogen) atoms. The maximum absolute atomic E-state index is 11.7. The maximum Gasteiger partial charge on any atom is 0.211 e. The molecule has 0 amide bonds. The first-order chi connectivity index (χ1) is 9.52. The van der Waals surface area contributed by atoms with Crippen molar-refractivity contribution in [3.05, 3.63) is 0 Å². The van der Waals surface area contributed by atoms with E-state index in [-0.39, 0.29) is 5.92 Å². The summed E-state index contributed by atoms with van der Waals surface area (Å²) in [6.07, 6.45) is 6.92. The lowest BCUT2D eigenvalue weighted by atomic mass is 9.63. The molecule has 2 aliphatic rings. The topological polar surface area (TPSA) is 57.6 Å². The van der Waals surface area contributed by atoms with Crippen LogP contribution in [0.5, 0.6) is 0 Å². The normalized spacial score (nSPS) is 38.3. The molecule has 3 unspecified atom stereocenters. The van der Waals surface area contributed by atoms with Crippen molar-refractivity contribution in [2.75, 3.05) is 19.3 Å². The standard InChI is InChI=1S/C16H31NO3S/c1-13-10-15(2,3)7-8-16(13,18)11-14-6-5-9-17(12-14)21(4,19)20/h13-14,18H,5-12H2,1-4H3. The van der Waals surface area contributed by atoms with E-state index in [2.05, 4.69) is 20.8 Å². The molecule has 0 aromatic heterocycles. The monoisotopic (exact) mass is 317 g/mol. The van der Waals surface area contributed by atoms with E-state index >= 15 is 0 Å². The quantitative estimate of drug-likeness (QED) is 0.870. The van der Waals surface area contributed by atoms with Crippen molar-refractivity contribution in [2.24, 2.45) is 17.3 Å². The average molecular weight is 317 g/mol. The van der Waals surface area contributed by atoms with Crippen molar-refractivity contribution in [1.82, 2.24) is 4.31 Å². The van der Waals surface area contributed by atoms with E-state index in [4.69, 9.17) is 0 Å². The molecule has 1 saturated carbocycles. The maximum atomic E-state index is 11.7. The number of hydrogen-bond donors (Lipinski definition) is 1. The van der Waals surface area contributed by atoms with E-state index in [0.717, 1.165) is 38.5 Å². The highest BCUT2D eigenvalue weighted by atomic mass is 32.2. The molecule has 0 aromatic rings. The zero-order valence-corrected chi connectivity index (χ0v) is 14.7. The third-order valence-electron chi connectivity index (χ3n) is 5.60. The molecular weight excluding hydrogens is 286 g/mol. The van der Waals surface area contributed by atoms with Gasteiger partial charge in [-0.2, -0.15) is 0 Å². The summed E-state index contributed by atoms with van der Waals surface area (Å²) < 4.78 is 25.0. The van der Waals surface area contributed by atoms with E-state index in [1.54, 1.807) is 4.31 Å². The van der Waals surface area contributed by atoms with Crippen molar-refractivity contribution in [2.45, 2.75) is 64.9 Å². The van der Waals surface area contributed by atoms with Gasteiger partial charge in [0.25, 0.3) is 0 Å². The highest BCUT2D eigenvalue weighted by molar-refractivity contribution is 7.88. The van der Waals surface area contributed by atoms with Crippen LogP contribution in [-0.2, 0) is 10.0 Å². The molecule has 2 rings (SSSR count). The van der Waals surface area contributed by atoms with Crippen LogP contribution in [0.15, 0.2) is 0 Å². The van der Waals surface area contributed by atoms with Gasteiger partial charge in [0.15, 0.2) is 0 Å². The summed E-state index contributed by atoms with van der Waals surface area (Å²) in [5.74, 6) is 0.581. The molecule has 5 heteroatoms. The van der Waals surface area contributed by atoms with Crippen LogP contribution in [0.25, 0.3) is 0 Å². The largest absolute Gasteiger partial charge is 0.390 e. The summed E-state index contributed by atoms with van der Waals surface area (Å²) in [7, 11) is -3.10. The van der Waals surface area contributed by atoms with Crippen LogP contribution in [0, 0.1) is 17.3 Å². The molecule has 1 aliphatic carbocycles. The molecule has 1 aliphatic heterocycles. The molecule has 2 fully saturated rings. The molecule has 1 saturated heterocycles. The Morgan fingerprint density at radius 2 is 1.95 bits per heavy atom. The molecule has 0 radical (unpaired) electrons. The lowest BCUT2D eigenvalue weighted by Gasteiger charge is -2.47. The van der Waals surface area contributed by atoms with Crippen LogP contribution in [0.3, 0.4) is 0 Å². The number of aliphatic hydroxyl groups is 1. The molecule has 1 N–H and O–H groups in total. The fraction of sp³-hybridized carbons (Fsp3) is 1.00. The second kappa shape index (κ2) is 5.82. The summed E-state index contributed by atoms with van der Waals surface area (Å²) in [5, 5.41) is 11.0.